The first-order chi connectivity index (χ1) is 29.1. The van der Waals surface area contributed by atoms with E-state index in [1.807, 2.05) is 0 Å². The van der Waals surface area contributed by atoms with E-state index in [1.54, 1.807) is 0 Å². The van der Waals surface area contributed by atoms with Gasteiger partial charge < -0.3 is 9.80 Å². The van der Waals surface area contributed by atoms with Gasteiger partial charge in [-0.05, 0) is 91.8 Å². The molecule has 0 atom stereocenters. The Kier molecular flexibility index (Phi) is 8.20. The van der Waals surface area contributed by atoms with Crippen LogP contribution in [0.3, 0.4) is 0 Å². The summed E-state index contributed by atoms with van der Waals surface area (Å²) in [5.41, 5.74) is 14.2. The molecule has 0 N–H and O–H groups in total. The first-order valence-corrected chi connectivity index (χ1v) is 20.5. The van der Waals surface area contributed by atoms with Crippen LogP contribution in [0.4, 0.5) is 34.1 Å². The highest BCUT2D eigenvalue weighted by Crippen LogP contribution is 2.57. The number of nitrogens with zero attached hydrogens (tertiary/aromatic N) is 2. The van der Waals surface area contributed by atoms with Gasteiger partial charge in [0.2, 0.25) is 0 Å². The van der Waals surface area contributed by atoms with E-state index >= 15 is 0 Å². The minimum absolute atomic E-state index is 0.273. The van der Waals surface area contributed by atoms with Gasteiger partial charge in [0.15, 0.2) is 0 Å². The number of benzene rings is 10. The number of anilines is 6. The highest BCUT2D eigenvalue weighted by molar-refractivity contribution is 6.09. The molecule has 0 spiro atoms. The van der Waals surface area contributed by atoms with E-state index in [-0.39, 0.29) is 5.41 Å². The van der Waals surface area contributed by atoms with Crippen LogP contribution in [0, 0.1) is 0 Å². The molecule has 0 saturated carbocycles. The first kappa shape index (κ1) is 34.8. The molecule has 11 rings (SSSR count). The van der Waals surface area contributed by atoms with Gasteiger partial charge in [-0.1, -0.05) is 190 Å². The van der Waals surface area contributed by atoms with Gasteiger partial charge in [0.25, 0.3) is 0 Å². The van der Waals surface area contributed by atoms with Gasteiger partial charge in [-0.3, -0.25) is 0 Å². The van der Waals surface area contributed by atoms with E-state index in [1.165, 1.54) is 77.2 Å². The van der Waals surface area contributed by atoms with E-state index < -0.39 is 0 Å². The fourth-order valence-corrected chi connectivity index (χ4v) is 9.70. The van der Waals surface area contributed by atoms with Crippen molar-refractivity contribution >= 4 is 66.4 Å². The standard InChI is InChI=1S/C57H42N2/c1-57(2)51-29-12-13-30-53(51)59(54-32-16-28-50(55(54)57)49-27-14-20-39-17-6-9-24-45(39)49)56-47-26-11-8-19-41(47)35-38-48(56)42-33-36-44(37-34-42)58(43-22-4-3-5-23-43)52-31-15-21-40-18-7-10-25-46(40)52/h3-38H,1-2H3. The van der Waals surface area contributed by atoms with Crippen LogP contribution in [0.25, 0.3) is 54.6 Å². The van der Waals surface area contributed by atoms with Crippen molar-refractivity contribution in [3.8, 4) is 22.3 Å². The molecular formula is C57H42N2. The molecule has 0 fully saturated rings. The minimum Gasteiger partial charge on any atom is -0.310 e. The number of fused-ring (bicyclic) bond motifs is 5. The summed E-state index contributed by atoms with van der Waals surface area (Å²) in [5.74, 6) is 0. The fraction of sp³-hybridized carbons (Fsp3) is 0.0526. The third kappa shape index (κ3) is 5.63. The van der Waals surface area contributed by atoms with Crippen LogP contribution < -0.4 is 9.80 Å². The molecule has 10 aromatic rings. The van der Waals surface area contributed by atoms with Crippen LogP contribution >= 0.6 is 0 Å². The SMILES string of the molecule is CC1(C)c2ccccc2N(c2c(-c3ccc(N(c4ccccc4)c4cccc5ccccc45)cc3)ccc3ccccc23)c2cccc(-c3cccc4ccccc34)c21. The Morgan fingerprint density at radius 1 is 0.373 bits per heavy atom. The topological polar surface area (TPSA) is 6.48 Å². The van der Waals surface area contributed by atoms with Gasteiger partial charge in [-0.25, -0.2) is 0 Å². The lowest BCUT2D eigenvalue weighted by Crippen LogP contribution is -2.31. The third-order valence-electron chi connectivity index (χ3n) is 12.4. The molecule has 1 aliphatic rings. The Labute approximate surface area is 345 Å². The first-order valence-electron chi connectivity index (χ1n) is 20.5. The zero-order valence-corrected chi connectivity index (χ0v) is 33.2. The number of hydrogen-bond acceptors (Lipinski definition) is 2. The minimum atomic E-state index is -0.273. The van der Waals surface area contributed by atoms with Gasteiger partial charge in [0, 0.05) is 33.1 Å². The second kappa shape index (κ2) is 13.9. The summed E-state index contributed by atoms with van der Waals surface area (Å²) in [4.78, 5) is 4.93. The molecule has 1 aliphatic heterocycles. The van der Waals surface area contributed by atoms with Crippen molar-refractivity contribution in [2.45, 2.75) is 19.3 Å². The maximum absolute atomic E-state index is 2.56. The van der Waals surface area contributed by atoms with E-state index in [0.717, 1.165) is 22.6 Å². The van der Waals surface area contributed by atoms with Crippen LogP contribution in [0.1, 0.15) is 25.0 Å². The Hall–Kier alpha value is -7.42. The Morgan fingerprint density at radius 2 is 0.915 bits per heavy atom. The highest BCUT2D eigenvalue weighted by atomic mass is 15.2. The molecule has 2 heteroatoms. The van der Waals surface area contributed by atoms with Gasteiger partial charge in [-0.2, -0.15) is 0 Å². The highest BCUT2D eigenvalue weighted by Gasteiger charge is 2.40. The predicted octanol–water partition coefficient (Wildman–Crippen LogP) is 16.1. The molecule has 59 heavy (non-hydrogen) atoms. The summed E-state index contributed by atoms with van der Waals surface area (Å²) >= 11 is 0. The average molecular weight is 755 g/mol. The van der Waals surface area contributed by atoms with Crippen molar-refractivity contribution in [1.82, 2.24) is 0 Å². The second-order valence-electron chi connectivity index (χ2n) is 16.1. The van der Waals surface area contributed by atoms with E-state index in [9.17, 15) is 0 Å². The molecule has 10 aromatic carbocycles. The molecule has 0 radical (unpaired) electrons. The van der Waals surface area contributed by atoms with Crippen molar-refractivity contribution < 1.29 is 0 Å². The molecule has 2 nitrogen and oxygen atoms in total. The lowest BCUT2D eigenvalue weighted by molar-refractivity contribution is 0.634. The van der Waals surface area contributed by atoms with E-state index in [2.05, 4.69) is 242 Å². The van der Waals surface area contributed by atoms with Gasteiger partial charge in [-0.15, -0.1) is 0 Å². The van der Waals surface area contributed by atoms with Crippen molar-refractivity contribution in [3.05, 3.63) is 230 Å². The number of para-hydroxylation sites is 2. The van der Waals surface area contributed by atoms with Crippen molar-refractivity contribution in [3.63, 3.8) is 0 Å². The summed E-state index contributed by atoms with van der Waals surface area (Å²) < 4.78 is 0. The van der Waals surface area contributed by atoms with Gasteiger partial charge in [0.05, 0.1) is 22.7 Å². The maximum atomic E-state index is 2.56. The summed E-state index contributed by atoms with van der Waals surface area (Å²) in [6.45, 7) is 4.79. The van der Waals surface area contributed by atoms with Crippen molar-refractivity contribution in [2.75, 3.05) is 9.80 Å². The van der Waals surface area contributed by atoms with Crippen molar-refractivity contribution in [2.24, 2.45) is 0 Å². The molecule has 0 aliphatic carbocycles. The van der Waals surface area contributed by atoms with E-state index in [4.69, 9.17) is 0 Å². The summed E-state index contributed by atoms with van der Waals surface area (Å²) in [7, 11) is 0. The molecule has 0 amide bonds. The normalized spacial score (nSPS) is 13.0. The largest absolute Gasteiger partial charge is 0.310 e. The molecule has 0 aromatic heterocycles. The van der Waals surface area contributed by atoms with Gasteiger partial charge in [0.1, 0.15) is 0 Å². The van der Waals surface area contributed by atoms with Crippen molar-refractivity contribution in [1.29, 1.82) is 0 Å². The fourth-order valence-electron chi connectivity index (χ4n) is 9.70. The Bertz CT molecular complexity index is 3190. The predicted molar refractivity (Wildman–Crippen MR) is 251 cm³/mol. The summed E-state index contributed by atoms with van der Waals surface area (Å²) in [6.07, 6.45) is 0. The van der Waals surface area contributed by atoms with Crippen LogP contribution in [-0.4, -0.2) is 0 Å². The second-order valence-corrected chi connectivity index (χ2v) is 16.1. The third-order valence-corrected chi connectivity index (χ3v) is 12.4. The van der Waals surface area contributed by atoms with Crippen LogP contribution in [0.2, 0.25) is 0 Å². The maximum Gasteiger partial charge on any atom is 0.0618 e. The lowest BCUT2D eigenvalue weighted by atomic mass is 9.70. The molecule has 0 saturated heterocycles. The van der Waals surface area contributed by atoms with Gasteiger partial charge >= 0.3 is 0 Å². The smallest absolute Gasteiger partial charge is 0.0618 e. The Morgan fingerprint density at radius 3 is 1.69 bits per heavy atom. The average Bonchev–Trinajstić information content (AvgIpc) is 3.29. The molecule has 0 unspecified atom stereocenters. The zero-order valence-electron chi connectivity index (χ0n) is 33.2. The Balaban J connectivity index is 1.13. The van der Waals surface area contributed by atoms with Crippen LogP contribution in [0.5, 0.6) is 0 Å². The number of rotatable bonds is 6. The van der Waals surface area contributed by atoms with E-state index in [0.29, 0.717) is 0 Å². The van der Waals surface area contributed by atoms with Crippen LogP contribution in [0.15, 0.2) is 218 Å². The zero-order chi connectivity index (χ0) is 39.5. The quantitative estimate of drug-likeness (QED) is 0.167. The van der Waals surface area contributed by atoms with Crippen LogP contribution in [-0.2, 0) is 5.41 Å². The summed E-state index contributed by atoms with van der Waals surface area (Å²) in [5, 5.41) is 7.38. The molecular weight excluding hydrogens is 713 g/mol. The molecule has 0 bridgehead atoms. The number of hydrogen-bond donors (Lipinski definition) is 0. The molecule has 280 valence electrons. The monoisotopic (exact) mass is 754 g/mol. The summed E-state index contributed by atoms with van der Waals surface area (Å²) in [6, 6.07) is 79.9. The lowest BCUT2D eigenvalue weighted by Gasteiger charge is -2.44. The molecule has 1 heterocycles.